The lowest BCUT2D eigenvalue weighted by molar-refractivity contribution is -0.143. The summed E-state index contributed by atoms with van der Waals surface area (Å²) in [6, 6.07) is 7.49. The van der Waals surface area contributed by atoms with E-state index in [1.54, 1.807) is 24.9 Å². The van der Waals surface area contributed by atoms with E-state index in [4.69, 9.17) is 14.9 Å². The number of carbonyl (C=O) groups excluding carboxylic acids is 3. The van der Waals surface area contributed by atoms with Gasteiger partial charge in [0.25, 0.3) is 5.91 Å². The summed E-state index contributed by atoms with van der Waals surface area (Å²) in [7, 11) is 5.34. The van der Waals surface area contributed by atoms with Gasteiger partial charge in [-0.2, -0.15) is 0 Å². The van der Waals surface area contributed by atoms with Crippen molar-refractivity contribution in [3.05, 3.63) is 52.1 Å². The summed E-state index contributed by atoms with van der Waals surface area (Å²) in [6.45, 7) is 10.7. The molecule has 1 amide bonds. The second-order valence-electron chi connectivity index (χ2n) is 12.0. The minimum absolute atomic E-state index is 0.0339. The molecule has 10 heteroatoms. The van der Waals surface area contributed by atoms with Crippen molar-refractivity contribution in [2.75, 3.05) is 63.8 Å². The highest BCUT2D eigenvalue weighted by molar-refractivity contribution is 6.08. The van der Waals surface area contributed by atoms with Crippen LogP contribution in [0.4, 0.5) is 11.4 Å². The first-order valence-corrected chi connectivity index (χ1v) is 14.5. The lowest BCUT2D eigenvalue weighted by Gasteiger charge is -2.35. The topological polar surface area (TPSA) is 115 Å². The summed E-state index contributed by atoms with van der Waals surface area (Å²) in [5, 5.41) is 11.5. The van der Waals surface area contributed by atoms with Gasteiger partial charge in [0.1, 0.15) is 18.2 Å². The molecule has 0 aromatic heterocycles. The normalized spacial score (nSPS) is 14.2. The van der Waals surface area contributed by atoms with E-state index in [1.165, 1.54) is 0 Å². The van der Waals surface area contributed by atoms with Crippen LogP contribution in [0.3, 0.4) is 0 Å². The van der Waals surface area contributed by atoms with Crippen molar-refractivity contribution in [3.8, 4) is 5.75 Å². The minimum atomic E-state index is -0.274. The molecular weight excluding hydrogens is 534 g/mol. The molecule has 0 unspecified atom stereocenters. The predicted octanol–water partition coefficient (Wildman–Crippen LogP) is 3.98. The van der Waals surface area contributed by atoms with E-state index in [9.17, 15) is 14.4 Å². The van der Waals surface area contributed by atoms with Crippen LogP contribution >= 0.6 is 0 Å². The SMILES string of the molecule is CCOC(=O)CCCN1CCOc2c1cc(C(=O)CN1Cc3cc(N(C)C)c(C(=O)NC)cc3C1=N)cc2C(C)(C)C. The zero-order chi connectivity index (χ0) is 30.8. The number of ether oxygens (including phenoxy) is 2. The van der Waals surface area contributed by atoms with E-state index in [1.807, 2.05) is 37.2 Å². The van der Waals surface area contributed by atoms with Crippen molar-refractivity contribution in [1.82, 2.24) is 10.2 Å². The van der Waals surface area contributed by atoms with Gasteiger partial charge < -0.3 is 29.5 Å². The molecule has 2 aromatic rings. The molecule has 2 aromatic carbocycles. The number of nitrogens with one attached hydrogen (secondary N) is 2. The van der Waals surface area contributed by atoms with Gasteiger partial charge in [-0.25, -0.2) is 0 Å². The predicted molar refractivity (Wildman–Crippen MR) is 164 cm³/mol. The largest absolute Gasteiger partial charge is 0.489 e. The molecule has 2 aliphatic heterocycles. The number of amidine groups is 1. The Morgan fingerprint density at radius 2 is 1.86 bits per heavy atom. The monoisotopic (exact) mass is 577 g/mol. The number of fused-ring (bicyclic) bond motifs is 2. The molecule has 0 fully saturated rings. The molecule has 42 heavy (non-hydrogen) atoms. The summed E-state index contributed by atoms with van der Waals surface area (Å²) in [4.78, 5) is 44.1. The van der Waals surface area contributed by atoms with Crippen LogP contribution in [-0.2, 0) is 21.5 Å². The van der Waals surface area contributed by atoms with Crippen molar-refractivity contribution < 1.29 is 23.9 Å². The zero-order valence-corrected chi connectivity index (χ0v) is 25.8. The number of nitrogens with zero attached hydrogens (tertiary/aromatic N) is 3. The highest BCUT2D eigenvalue weighted by Gasteiger charge is 2.32. The maximum Gasteiger partial charge on any atom is 0.305 e. The first kappa shape index (κ1) is 30.9. The van der Waals surface area contributed by atoms with Crippen molar-refractivity contribution >= 4 is 34.9 Å². The van der Waals surface area contributed by atoms with Gasteiger partial charge in [-0.05, 0) is 48.6 Å². The maximum atomic E-state index is 13.8. The highest BCUT2D eigenvalue weighted by atomic mass is 16.5. The Hall–Kier alpha value is -4.08. The first-order chi connectivity index (χ1) is 19.8. The minimum Gasteiger partial charge on any atom is -0.489 e. The van der Waals surface area contributed by atoms with Crippen LogP contribution in [0.25, 0.3) is 0 Å². The van der Waals surface area contributed by atoms with Gasteiger partial charge in [0.05, 0.1) is 30.9 Å². The van der Waals surface area contributed by atoms with Crippen LogP contribution < -0.4 is 19.9 Å². The summed E-state index contributed by atoms with van der Waals surface area (Å²) >= 11 is 0. The maximum absolute atomic E-state index is 13.8. The number of rotatable bonds is 10. The second kappa shape index (κ2) is 12.4. The molecule has 0 spiro atoms. The van der Waals surface area contributed by atoms with E-state index >= 15 is 0 Å². The van der Waals surface area contributed by atoms with Gasteiger partial charge in [0, 0.05) is 63.0 Å². The van der Waals surface area contributed by atoms with E-state index in [-0.39, 0.29) is 35.5 Å². The summed E-state index contributed by atoms with van der Waals surface area (Å²) in [6.07, 6.45) is 0.970. The van der Waals surface area contributed by atoms with Crippen LogP contribution in [0.15, 0.2) is 24.3 Å². The number of anilines is 2. The van der Waals surface area contributed by atoms with Crippen LogP contribution in [0.1, 0.15) is 77.9 Å². The molecule has 0 aliphatic carbocycles. The van der Waals surface area contributed by atoms with Crippen molar-refractivity contribution in [2.24, 2.45) is 0 Å². The lowest BCUT2D eigenvalue weighted by Crippen LogP contribution is -2.35. The molecule has 2 aliphatic rings. The van der Waals surface area contributed by atoms with Gasteiger partial charge in [-0.3, -0.25) is 19.8 Å². The number of hydrogen-bond donors (Lipinski definition) is 2. The molecule has 0 radical (unpaired) electrons. The third-order valence-electron chi connectivity index (χ3n) is 7.70. The molecule has 0 bridgehead atoms. The molecule has 4 rings (SSSR count). The summed E-state index contributed by atoms with van der Waals surface area (Å²) in [5.74, 6) is 0.478. The number of esters is 1. The Bertz CT molecular complexity index is 1390. The fraction of sp³-hybridized carbons (Fsp3) is 0.500. The van der Waals surface area contributed by atoms with Crippen molar-refractivity contribution in [3.63, 3.8) is 0 Å². The van der Waals surface area contributed by atoms with Crippen LogP contribution in [0.2, 0.25) is 0 Å². The van der Waals surface area contributed by atoms with Crippen LogP contribution in [0, 0.1) is 5.41 Å². The Balaban J connectivity index is 1.60. The fourth-order valence-corrected chi connectivity index (χ4v) is 5.50. The Labute approximate surface area is 248 Å². The molecule has 0 saturated carbocycles. The second-order valence-corrected chi connectivity index (χ2v) is 12.0. The molecule has 0 saturated heterocycles. The molecule has 0 atom stereocenters. The number of amides is 1. The Morgan fingerprint density at radius 1 is 1.12 bits per heavy atom. The third-order valence-corrected chi connectivity index (χ3v) is 7.70. The fourth-order valence-electron chi connectivity index (χ4n) is 5.50. The number of hydrogen-bond acceptors (Lipinski definition) is 8. The molecule has 2 heterocycles. The van der Waals surface area contributed by atoms with E-state index < -0.39 is 0 Å². The van der Waals surface area contributed by atoms with Crippen LogP contribution in [-0.4, -0.2) is 82.4 Å². The van der Waals surface area contributed by atoms with Gasteiger partial charge in [-0.15, -0.1) is 0 Å². The van der Waals surface area contributed by atoms with Gasteiger partial charge in [0.15, 0.2) is 5.78 Å². The van der Waals surface area contributed by atoms with Gasteiger partial charge in [0.2, 0.25) is 0 Å². The molecule has 10 nitrogen and oxygen atoms in total. The first-order valence-electron chi connectivity index (χ1n) is 14.5. The average Bonchev–Trinajstić information content (AvgIpc) is 3.24. The van der Waals surface area contributed by atoms with Crippen molar-refractivity contribution in [2.45, 2.75) is 52.5 Å². The van der Waals surface area contributed by atoms with Gasteiger partial charge >= 0.3 is 5.97 Å². The lowest BCUT2D eigenvalue weighted by atomic mass is 9.84. The van der Waals surface area contributed by atoms with Crippen LogP contribution in [0.5, 0.6) is 5.75 Å². The molecular formula is C32H43N5O5. The highest BCUT2D eigenvalue weighted by Crippen LogP contribution is 2.42. The van der Waals surface area contributed by atoms with Gasteiger partial charge in [-0.1, -0.05) is 20.8 Å². The van der Waals surface area contributed by atoms with E-state index in [0.717, 1.165) is 28.3 Å². The number of Topliss-reactive ketones (excluding diaryl/α,β-unsaturated/α-hetero) is 1. The Morgan fingerprint density at radius 3 is 2.50 bits per heavy atom. The third kappa shape index (κ3) is 6.37. The quantitative estimate of drug-likeness (QED) is 0.322. The number of carbonyl (C=O) groups is 3. The smallest absolute Gasteiger partial charge is 0.305 e. The van der Waals surface area contributed by atoms with E-state index in [2.05, 4.69) is 31.0 Å². The summed E-state index contributed by atoms with van der Waals surface area (Å²) in [5.41, 5.74) is 4.91. The number of ketones is 1. The summed E-state index contributed by atoms with van der Waals surface area (Å²) < 4.78 is 11.2. The van der Waals surface area contributed by atoms with Crippen molar-refractivity contribution in [1.29, 1.82) is 5.41 Å². The van der Waals surface area contributed by atoms with E-state index in [0.29, 0.717) is 62.4 Å². The zero-order valence-electron chi connectivity index (χ0n) is 25.8. The Kier molecular flexibility index (Phi) is 9.13. The average molecular weight is 578 g/mol. The number of benzene rings is 2. The standard InChI is InChI=1S/C32H43N5O5/c1-8-41-28(39)10-9-11-36-12-13-42-29-24(32(2,3)4)14-20(15-26(29)36)27(38)19-37-18-21-16-25(35(6)7)23(31(40)34-5)17-22(21)30(37)33/h14-17,33H,8-13,18-19H2,1-7H3,(H,34,40). The molecule has 2 N–H and O–H groups in total. The molecule has 226 valence electrons.